The second kappa shape index (κ2) is 6.88. The van der Waals surface area contributed by atoms with E-state index in [4.69, 9.17) is 0 Å². The SMILES string of the molecule is CCc1ccc(C(C#N)N2CCN(CC)CC2C)cc1. The van der Waals surface area contributed by atoms with Crippen molar-refractivity contribution in [2.75, 3.05) is 26.2 Å². The summed E-state index contributed by atoms with van der Waals surface area (Å²) in [4.78, 5) is 4.79. The van der Waals surface area contributed by atoms with Crippen LogP contribution in [0.2, 0.25) is 0 Å². The van der Waals surface area contributed by atoms with E-state index < -0.39 is 0 Å². The normalized spacial score (nSPS) is 22.4. The molecular formula is C17H25N3. The molecule has 0 bridgehead atoms. The number of benzene rings is 1. The van der Waals surface area contributed by atoms with E-state index in [0.29, 0.717) is 6.04 Å². The van der Waals surface area contributed by atoms with Crippen LogP contribution in [0.1, 0.15) is 37.9 Å². The van der Waals surface area contributed by atoms with Gasteiger partial charge in [0.05, 0.1) is 6.07 Å². The van der Waals surface area contributed by atoms with Gasteiger partial charge in [0.1, 0.15) is 6.04 Å². The zero-order valence-corrected chi connectivity index (χ0v) is 12.8. The number of likely N-dealkylation sites (N-methyl/N-ethyl adjacent to an activating group) is 1. The Morgan fingerprint density at radius 2 is 1.95 bits per heavy atom. The van der Waals surface area contributed by atoms with Gasteiger partial charge in [0.2, 0.25) is 0 Å². The van der Waals surface area contributed by atoms with Crippen LogP contribution in [0.5, 0.6) is 0 Å². The second-order valence-electron chi connectivity index (χ2n) is 5.61. The van der Waals surface area contributed by atoms with Gasteiger partial charge in [-0.1, -0.05) is 38.1 Å². The number of aryl methyl sites for hydroxylation is 1. The molecular weight excluding hydrogens is 246 g/mol. The number of hydrogen-bond acceptors (Lipinski definition) is 3. The second-order valence-corrected chi connectivity index (χ2v) is 5.61. The lowest BCUT2D eigenvalue weighted by molar-refractivity contribution is 0.0683. The highest BCUT2D eigenvalue weighted by molar-refractivity contribution is 5.28. The van der Waals surface area contributed by atoms with E-state index in [0.717, 1.165) is 38.2 Å². The van der Waals surface area contributed by atoms with Gasteiger partial charge in [-0.15, -0.1) is 0 Å². The molecule has 0 amide bonds. The summed E-state index contributed by atoms with van der Waals surface area (Å²) in [7, 11) is 0. The van der Waals surface area contributed by atoms with Crippen molar-refractivity contribution in [3.63, 3.8) is 0 Å². The predicted molar refractivity (Wildman–Crippen MR) is 82.5 cm³/mol. The smallest absolute Gasteiger partial charge is 0.124 e. The van der Waals surface area contributed by atoms with Crippen molar-refractivity contribution in [1.82, 2.24) is 9.80 Å². The fourth-order valence-electron chi connectivity index (χ4n) is 2.99. The summed E-state index contributed by atoms with van der Waals surface area (Å²) in [5.74, 6) is 0. The average molecular weight is 271 g/mol. The maximum atomic E-state index is 9.59. The van der Waals surface area contributed by atoms with Gasteiger partial charge in [0.25, 0.3) is 0 Å². The maximum Gasteiger partial charge on any atom is 0.124 e. The molecule has 2 rings (SSSR count). The van der Waals surface area contributed by atoms with Crippen molar-refractivity contribution in [3.05, 3.63) is 35.4 Å². The van der Waals surface area contributed by atoms with Gasteiger partial charge in [-0.05, 0) is 31.0 Å². The topological polar surface area (TPSA) is 30.3 Å². The first-order valence-electron chi connectivity index (χ1n) is 7.66. The fourth-order valence-corrected chi connectivity index (χ4v) is 2.99. The number of piperazine rings is 1. The minimum absolute atomic E-state index is 0.116. The summed E-state index contributed by atoms with van der Waals surface area (Å²) in [6.45, 7) is 10.8. The van der Waals surface area contributed by atoms with Crippen LogP contribution in [0.3, 0.4) is 0 Å². The molecule has 1 fully saturated rings. The summed E-state index contributed by atoms with van der Waals surface area (Å²) < 4.78 is 0. The average Bonchev–Trinajstić information content (AvgIpc) is 2.50. The molecule has 2 unspecified atom stereocenters. The van der Waals surface area contributed by atoms with Crippen molar-refractivity contribution < 1.29 is 0 Å². The van der Waals surface area contributed by atoms with Crippen LogP contribution in [-0.2, 0) is 6.42 Å². The van der Waals surface area contributed by atoms with Gasteiger partial charge in [-0.25, -0.2) is 0 Å². The molecule has 2 atom stereocenters. The fraction of sp³-hybridized carbons (Fsp3) is 0.588. The highest BCUT2D eigenvalue weighted by atomic mass is 15.3. The van der Waals surface area contributed by atoms with Crippen LogP contribution >= 0.6 is 0 Å². The molecule has 3 heteroatoms. The molecule has 0 spiro atoms. The van der Waals surface area contributed by atoms with E-state index in [1.54, 1.807) is 0 Å². The Morgan fingerprint density at radius 3 is 2.45 bits per heavy atom. The van der Waals surface area contributed by atoms with Crippen molar-refractivity contribution in [2.45, 2.75) is 39.3 Å². The summed E-state index contributed by atoms with van der Waals surface area (Å²) in [5.41, 5.74) is 2.45. The lowest BCUT2D eigenvalue weighted by atomic mass is 10.0. The molecule has 1 saturated heterocycles. The summed E-state index contributed by atoms with van der Waals surface area (Å²) in [6, 6.07) is 11.3. The van der Waals surface area contributed by atoms with Gasteiger partial charge in [0.15, 0.2) is 0 Å². The number of hydrogen-bond donors (Lipinski definition) is 0. The third-order valence-electron chi connectivity index (χ3n) is 4.37. The van der Waals surface area contributed by atoms with Crippen LogP contribution in [0, 0.1) is 11.3 Å². The molecule has 1 aromatic carbocycles. The highest BCUT2D eigenvalue weighted by Crippen LogP contribution is 2.25. The number of nitrogens with zero attached hydrogens (tertiary/aromatic N) is 3. The molecule has 0 radical (unpaired) electrons. The zero-order chi connectivity index (χ0) is 14.5. The quantitative estimate of drug-likeness (QED) is 0.843. The minimum atomic E-state index is -0.116. The molecule has 0 aliphatic carbocycles. The van der Waals surface area contributed by atoms with E-state index in [-0.39, 0.29) is 6.04 Å². The molecule has 108 valence electrons. The molecule has 20 heavy (non-hydrogen) atoms. The predicted octanol–water partition coefficient (Wildman–Crippen LogP) is 2.84. The number of rotatable bonds is 4. The first kappa shape index (κ1) is 15.0. The monoisotopic (exact) mass is 271 g/mol. The molecule has 1 heterocycles. The maximum absolute atomic E-state index is 9.59. The van der Waals surface area contributed by atoms with Crippen molar-refractivity contribution in [3.8, 4) is 6.07 Å². The molecule has 3 nitrogen and oxygen atoms in total. The molecule has 0 aromatic heterocycles. The van der Waals surface area contributed by atoms with Gasteiger partial charge >= 0.3 is 0 Å². The largest absolute Gasteiger partial charge is 0.301 e. The molecule has 0 N–H and O–H groups in total. The zero-order valence-electron chi connectivity index (χ0n) is 12.8. The molecule has 1 aliphatic heterocycles. The Kier molecular flexibility index (Phi) is 5.17. The van der Waals surface area contributed by atoms with Crippen LogP contribution in [0.4, 0.5) is 0 Å². The molecule has 1 aromatic rings. The van der Waals surface area contributed by atoms with E-state index in [9.17, 15) is 5.26 Å². The number of nitriles is 1. The van der Waals surface area contributed by atoms with Gasteiger partial charge in [-0.2, -0.15) is 5.26 Å². The van der Waals surface area contributed by atoms with Gasteiger partial charge in [-0.3, -0.25) is 4.90 Å². The Hall–Kier alpha value is -1.37. The Balaban J connectivity index is 2.13. The van der Waals surface area contributed by atoms with E-state index in [1.165, 1.54) is 5.56 Å². The van der Waals surface area contributed by atoms with E-state index >= 15 is 0 Å². The third kappa shape index (κ3) is 3.20. The first-order chi connectivity index (χ1) is 9.69. The Labute approximate surface area is 122 Å². The van der Waals surface area contributed by atoms with Crippen molar-refractivity contribution in [1.29, 1.82) is 5.26 Å². The summed E-state index contributed by atoms with van der Waals surface area (Å²) >= 11 is 0. The molecule has 1 aliphatic rings. The van der Waals surface area contributed by atoms with E-state index in [2.05, 4.69) is 60.9 Å². The Morgan fingerprint density at radius 1 is 1.25 bits per heavy atom. The molecule has 0 saturated carbocycles. The Bertz CT molecular complexity index is 460. The van der Waals surface area contributed by atoms with Crippen LogP contribution in [-0.4, -0.2) is 42.0 Å². The summed E-state index contributed by atoms with van der Waals surface area (Å²) in [5, 5.41) is 9.59. The van der Waals surface area contributed by atoms with Crippen LogP contribution in [0.15, 0.2) is 24.3 Å². The van der Waals surface area contributed by atoms with Crippen molar-refractivity contribution >= 4 is 0 Å². The van der Waals surface area contributed by atoms with Crippen molar-refractivity contribution in [2.24, 2.45) is 0 Å². The van der Waals surface area contributed by atoms with Gasteiger partial charge < -0.3 is 4.90 Å². The van der Waals surface area contributed by atoms with Gasteiger partial charge in [0, 0.05) is 25.7 Å². The first-order valence-corrected chi connectivity index (χ1v) is 7.66. The van der Waals surface area contributed by atoms with Crippen LogP contribution in [0.25, 0.3) is 0 Å². The third-order valence-corrected chi connectivity index (χ3v) is 4.37. The van der Waals surface area contributed by atoms with Crippen LogP contribution < -0.4 is 0 Å². The highest BCUT2D eigenvalue weighted by Gasteiger charge is 2.29. The van der Waals surface area contributed by atoms with E-state index in [1.807, 2.05) is 0 Å². The minimum Gasteiger partial charge on any atom is -0.301 e. The lowest BCUT2D eigenvalue weighted by Gasteiger charge is -2.41. The lowest BCUT2D eigenvalue weighted by Crippen LogP contribution is -2.52. The summed E-state index contributed by atoms with van der Waals surface area (Å²) in [6.07, 6.45) is 1.04. The standard InChI is InChI=1S/C17H25N3/c1-4-15-6-8-16(9-7-15)17(12-18)20-11-10-19(5-2)13-14(20)3/h6-9,14,17H,4-5,10-11,13H2,1-3H3.